The first-order chi connectivity index (χ1) is 11.4. The van der Waals surface area contributed by atoms with Crippen molar-refractivity contribution in [3.8, 4) is 0 Å². The molecule has 0 aromatic rings. The van der Waals surface area contributed by atoms with E-state index in [2.05, 4.69) is 76.6 Å². The summed E-state index contributed by atoms with van der Waals surface area (Å²) >= 11 is 0. The van der Waals surface area contributed by atoms with Crippen molar-refractivity contribution in [2.45, 2.75) is 53.4 Å². The molecule has 0 aliphatic heterocycles. The van der Waals surface area contributed by atoms with Crippen molar-refractivity contribution in [2.24, 2.45) is 28.6 Å². The Morgan fingerprint density at radius 1 is 1.12 bits per heavy atom. The molecule has 0 saturated heterocycles. The number of allylic oxidation sites excluding steroid dienone is 10. The summed E-state index contributed by atoms with van der Waals surface area (Å²) in [5.41, 5.74) is 5.28. The van der Waals surface area contributed by atoms with Crippen molar-refractivity contribution >= 4 is 0 Å². The zero-order valence-corrected chi connectivity index (χ0v) is 18.6. The predicted octanol–water partition coefficient (Wildman–Crippen LogP) is 6.60. The van der Waals surface area contributed by atoms with Crippen molar-refractivity contribution in [3.63, 3.8) is 0 Å². The summed E-state index contributed by atoms with van der Waals surface area (Å²) in [5.74, 6) is 2.14. The van der Waals surface area contributed by atoms with E-state index in [1.165, 1.54) is 19.3 Å². The van der Waals surface area contributed by atoms with E-state index < -0.39 is 0 Å². The van der Waals surface area contributed by atoms with Crippen LogP contribution in [0.3, 0.4) is 0 Å². The van der Waals surface area contributed by atoms with E-state index in [1.807, 2.05) is 0 Å². The van der Waals surface area contributed by atoms with Crippen LogP contribution in [0.2, 0.25) is 0 Å². The molecule has 4 atom stereocenters. The second kappa shape index (κ2) is 6.96. The Balaban J connectivity index is 0.00000182. The average Bonchev–Trinajstić information content (AvgIpc) is 3.25. The van der Waals surface area contributed by atoms with Gasteiger partial charge in [0.25, 0.3) is 0 Å². The zero-order chi connectivity index (χ0) is 16.9. The van der Waals surface area contributed by atoms with Gasteiger partial charge in [0, 0.05) is 32.1 Å². The third-order valence-electron chi connectivity index (χ3n) is 7.63. The van der Waals surface area contributed by atoms with E-state index in [0.29, 0.717) is 5.92 Å². The van der Waals surface area contributed by atoms with Crippen LogP contribution in [0.15, 0.2) is 59.3 Å². The summed E-state index contributed by atoms with van der Waals surface area (Å²) in [4.78, 5) is 0. The summed E-state index contributed by atoms with van der Waals surface area (Å²) in [6.07, 6.45) is 24.4. The zero-order valence-electron chi connectivity index (χ0n) is 16.2. The molecule has 0 heterocycles. The van der Waals surface area contributed by atoms with Crippen LogP contribution in [0.25, 0.3) is 0 Å². The van der Waals surface area contributed by atoms with E-state index in [9.17, 15) is 0 Å². The molecule has 1 fully saturated rings. The second-order valence-electron chi connectivity index (χ2n) is 8.91. The van der Waals surface area contributed by atoms with E-state index in [-0.39, 0.29) is 37.0 Å². The van der Waals surface area contributed by atoms with Crippen LogP contribution >= 0.6 is 0 Å². The molecule has 1 saturated carbocycles. The minimum absolute atomic E-state index is 0. The van der Waals surface area contributed by atoms with E-state index in [0.717, 1.165) is 18.3 Å². The molecule has 4 rings (SSSR count). The molecule has 1 heteroatoms. The standard InChI is InChI=1S/C24H31.Zr/c1-17-16-19-8-7-11-22(19)24(4,18(17)2)21-12-14-23(3,15-13-21)20-9-5-6-10-20;/h5-6,9-14,19-20,22H,7-8,15-16H2,1-4H3;/q-1;. The smallest absolute Gasteiger partial charge is 0.00443 e. The molecule has 0 aromatic carbocycles. The van der Waals surface area contributed by atoms with Crippen molar-refractivity contribution in [2.75, 3.05) is 0 Å². The number of hydrogen-bond donors (Lipinski definition) is 0. The number of rotatable bonds is 2. The minimum atomic E-state index is 0. The van der Waals surface area contributed by atoms with Crippen molar-refractivity contribution < 1.29 is 26.2 Å². The van der Waals surface area contributed by atoms with Gasteiger partial charge >= 0.3 is 0 Å². The largest absolute Gasteiger partial charge is 0.324 e. The van der Waals surface area contributed by atoms with Crippen LogP contribution in [0, 0.1) is 35.0 Å². The maximum Gasteiger partial charge on any atom is 0.00443 e. The Bertz CT molecular complexity index is 677. The quantitative estimate of drug-likeness (QED) is 0.355. The first-order valence-electron chi connectivity index (χ1n) is 9.70. The van der Waals surface area contributed by atoms with Crippen LogP contribution in [-0.4, -0.2) is 0 Å². The van der Waals surface area contributed by atoms with E-state index in [4.69, 9.17) is 0 Å². The van der Waals surface area contributed by atoms with Gasteiger partial charge in [-0.05, 0) is 43.1 Å². The normalized spacial score (nSPS) is 40.2. The summed E-state index contributed by atoms with van der Waals surface area (Å²) < 4.78 is 0. The van der Waals surface area contributed by atoms with Crippen LogP contribution in [0.5, 0.6) is 0 Å². The second-order valence-corrected chi connectivity index (χ2v) is 8.91. The minimum Gasteiger partial charge on any atom is -0.324 e. The van der Waals surface area contributed by atoms with Gasteiger partial charge in [0.2, 0.25) is 0 Å². The number of fused-ring (bicyclic) bond motifs is 1. The Hall–Kier alpha value is -0.417. The monoisotopic (exact) mass is 409 g/mol. The van der Waals surface area contributed by atoms with Gasteiger partial charge in [0.05, 0.1) is 0 Å². The molecule has 132 valence electrons. The van der Waals surface area contributed by atoms with Crippen molar-refractivity contribution in [1.29, 1.82) is 0 Å². The third kappa shape index (κ3) is 2.99. The summed E-state index contributed by atoms with van der Waals surface area (Å²) in [6, 6.07) is 0. The molecule has 0 radical (unpaired) electrons. The van der Waals surface area contributed by atoms with E-state index in [1.54, 1.807) is 16.7 Å². The molecule has 0 nitrogen and oxygen atoms in total. The maximum atomic E-state index is 2.63. The van der Waals surface area contributed by atoms with E-state index >= 15 is 0 Å². The van der Waals surface area contributed by atoms with Gasteiger partial charge in [0.1, 0.15) is 0 Å². The Kier molecular flexibility index (Phi) is 5.38. The Morgan fingerprint density at radius 2 is 1.84 bits per heavy atom. The van der Waals surface area contributed by atoms with Gasteiger partial charge in [-0.3, -0.25) is 0 Å². The molecular weight excluding hydrogens is 379 g/mol. The topological polar surface area (TPSA) is 0 Å². The molecule has 0 bridgehead atoms. The molecular formula is C24H31Zr-. The van der Waals surface area contributed by atoms with Gasteiger partial charge in [-0.25, -0.2) is 0 Å². The Labute approximate surface area is 173 Å². The van der Waals surface area contributed by atoms with Gasteiger partial charge in [-0.2, -0.15) is 12.3 Å². The molecule has 0 aromatic heterocycles. The first-order valence-corrected chi connectivity index (χ1v) is 9.70. The van der Waals surface area contributed by atoms with Gasteiger partial charge < -0.3 is 6.42 Å². The fraction of sp³-hybridized carbons (Fsp3) is 0.542. The molecule has 0 N–H and O–H groups in total. The van der Waals surface area contributed by atoms with Crippen molar-refractivity contribution in [1.82, 2.24) is 0 Å². The van der Waals surface area contributed by atoms with Gasteiger partial charge in [-0.15, -0.1) is 0 Å². The van der Waals surface area contributed by atoms with Crippen LogP contribution in [-0.2, 0) is 26.2 Å². The number of hydrogen-bond acceptors (Lipinski definition) is 0. The molecule has 0 amide bonds. The third-order valence-corrected chi connectivity index (χ3v) is 7.63. The Morgan fingerprint density at radius 3 is 2.48 bits per heavy atom. The fourth-order valence-corrected chi connectivity index (χ4v) is 5.70. The first kappa shape index (κ1) is 19.3. The molecule has 25 heavy (non-hydrogen) atoms. The van der Waals surface area contributed by atoms with Crippen LogP contribution in [0.4, 0.5) is 0 Å². The average molecular weight is 411 g/mol. The molecule has 0 spiro atoms. The predicted molar refractivity (Wildman–Crippen MR) is 103 cm³/mol. The summed E-state index contributed by atoms with van der Waals surface area (Å²) in [6.45, 7) is 9.68. The SMILES string of the molecule is CC1=C(C)C(C)(C2=CCC(C)(C3C=CC=C3)C=C2)C2[CH-]CCC2C1.[Zr]. The van der Waals surface area contributed by atoms with Crippen LogP contribution < -0.4 is 0 Å². The maximum absolute atomic E-state index is 2.63. The van der Waals surface area contributed by atoms with Crippen LogP contribution in [0.1, 0.15) is 53.4 Å². The summed E-state index contributed by atoms with van der Waals surface area (Å²) in [7, 11) is 0. The fourth-order valence-electron chi connectivity index (χ4n) is 5.70. The molecule has 4 aliphatic rings. The van der Waals surface area contributed by atoms with Gasteiger partial charge in [-0.1, -0.05) is 79.9 Å². The summed E-state index contributed by atoms with van der Waals surface area (Å²) in [5, 5.41) is 0. The van der Waals surface area contributed by atoms with Crippen molar-refractivity contribution in [3.05, 3.63) is 65.7 Å². The van der Waals surface area contributed by atoms with Gasteiger partial charge in [0.15, 0.2) is 0 Å². The molecule has 4 unspecified atom stereocenters. The molecule has 4 aliphatic carbocycles.